The predicted octanol–water partition coefficient (Wildman–Crippen LogP) is 2.88. The second-order valence-corrected chi connectivity index (χ2v) is 11.2. The lowest BCUT2D eigenvalue weighted by molar-refractivity contribution is -0.143. The number of likely N-dealkylation sites (N-methyl/N-ethyl adjacent to an activating group) is 1. The maximum atomic E-state index is 13.5. The molecule has 1 aliphatic heterocycles. The number of rotatable bonds is 5. The number of aryl methyl sites for hydroxylation is 1. The first-order valence-corrected chi connectivity index (χ1v) is 13.4. The standard InChI is InChI=1S/C27H24N6O4S/c1-18-8-10-21(11-9-18)38(36,37)33-16-23(22-7-4-13-28-25(22)33)24-29-17-32(30-24)20-6-3-5-19(15-20)27(35)12-14-31(2)26(27)34/h3-11,13,15-17,35H,12,14H2,1-2H3. The van der Waals surface area contributed by atoms with Crippen LogP contribution in [0.5, 0.6) is 0 Å². The second-order valence-electron chi connectivity index (χ2n) is 9.43. The average molecular weight is 529 g/mol. The third kappa shape index (κ3) is 3.70. The quantitative estimate of drug-likeness (QED) is 0.372. The summed E-state index contributed by atoms with van der Waals surface area (Å²) < 4.78 is 29.7. The maximum Gasteiger partial charge on any atom is 0.269 e. The van der Waals surface area contributed by atoms with Gasteiger partial charge < -0.3 is 10.0 Å². The number of likely N-dealkylation sites (tertiary alicyclic amines) is 1. The fourth-order valence-electron chi connectivity index (χ4n) is 4.75. The molecule has 0 aliphatic carbocycles. The van der Waals surface area contributed by atoms with Crippen LogP contribution in [0.25, 0.3) is 28.1 Å². The largest absolute Gasteiger partial charge is 0.375 e. The average Bonchev–Trinajstić information content (AvgIpc) is 3.63. The third-order valence-corrected chi connectivity index (χ3v) is 8.60. The molecule has 0 radical (unpaired) electrons. The first kappa shape index (κ1) is 24.0. The first-order chi connectivity index (χ1) is 18.2. The van der Waals surface area contributed by atoms with E-state index in [2.05, 4.69) is 15.1 Å². The Kier molecular flexibility index (Phi) is 5.44. The smallest absolute Gasteiger partial charge is 0.269 e. The Balaban J connectivity index is 1.42. The number of aliphatic hydroxyl groups is 1. The van der Waals surface area contributed by atoms with Crippen molar-refractivity contribution < 1.29 is 18.3 Å². The normalized spacial score (nSPS) is 18.0. The molecule has 1 aliphatic rings. The summed E-state index contributed by atoms with van der Waals surface area (Å²) >= 11 is 0. The minimum atomic E-state index is -3.92. The third-order valence-electron chi connectivity index (χ3n) is 6.94. The first-order valence-electron chi connectivity index (χ1n) is 12.0. The Morgan fingerprint density at radius 1 is 1.03 bits per heavy atom. The van der Waals surface area contributed by atoms with Crippen molar-refractivity contribution in [1.82, 2.24) is 28.6 Å². The summed E-state index contributed by atoms with van der Waals surface area (Å²) in [5.74, 6) is -0.0364. The van der Waals surface area contributed by atoms with Gasteiger partial charge >= 0.3 is 0 Å². The summed E-state index contributed by atoms with van der Waals surface area (Å²) in [4.78, 5) is 23.0. The summed E-state index contributed by atoms with van der Waals surface area (Å²) in [5, 5.41) is 16.2. The van der Waals surface area contributed by atoms with Crippen LogP contribution >= 0.6 is 0 Å². The maximum absolute atomic E-state index is 13.5. The minimum Gasteiger partial charge on any atom is -0.375 e. The molecule has 10 nitrogen and oxygen atoms in total. The van der Waals surface area contributed by atoms with Crippen LogP contribution in [0.1, 0.15) is 17.5 Å². The highest BCUT2D eigenvalue weighted by molar-refractivity contribution is 7.90. The highest BCUT2D eigenvalue weighted by Gasteiger charge is 2.45. The van der Waals surface area contributed by atoms with Gasteiger partial charge in [0.05, 0.1) is 10.6 Å². The molecule has 1 fully saturated rings. The molecule has 192 valence electrons. The number of nitrogens with zero attached hydrogens (tertiary/aromatic N) is 6. The Morgan fingerprint density at radius 3 is 2.55 bits per heavy atom. The molecular weight excluding hydrogens is 504 g/mol. The van der Waals surface area contributed by atoms with Crippen LogP contribution in [-0.4, -0.2) is 61.6 Å². The van der Waals surface area contributed by atoms with Crippen LogP contribution in [0, 0.1) is 6.92 Å². The molecule has 0 saturated carbocycles. The van der Waals surface area contributed by atoms with Gasteiger partial charge in [0.25, 0.3) is 15.9 Å². The van der Waals surface area contributed by atoms with E-state index in [1.54, 1.807) is 67.7 Å². The second kappa shape index (κ2) is 8.61. The molecule has 1 unspecified atom stereocenters. The van der Waals surface area contributed by atoms with Crippen molar-refractivity contribution in [3.63, 3.8) is 0 Å². The number of hydrogen-bond acceptors (Lipinski definition) is 7. The van der Waals surface area contributed by atoms with Gasteiger partial charge in [-0.05, 0) is 48.9 Å². The number of aromatic nitrogens is 5. The van der Waals surface area contributed by atoms with Gasteiger partial charge in [-0.15, -0.1) is 5.10 Å². The van der Waals surface area contributed by atoms with E-state index in [4.69, 9.17) is 0 Å². The Morgan fingerprint density at radius 2 is 1.82 bits per heavy atom. The zero-order valence-electron chi connectivity index (χ0n) is 20.7. The van der Waals surface area contributed by atoms with E-state index in [1.165, 1.54) is 28.3 Å². The summed E-state index contributed by atoms with van der Waals surface area (Å²) in [7, 11) is -2.25. The fourth-order valence-corrected chi connectivity index (χ4v) is 6.08. The van der Waals surface area contributed by atoms with E-state index >= 15 is 0 Å². The molecule has 4 heterocycles. The number of fused-ring (bicyclic) bond motifs is 1. The van der Waals surface area contributed by atoms with Crippen LogP contribution in [-0.2, 0) is 20.4 Å². The molecule has 1 atom stereocenters. The van der Waals surface area contributed by atoms with Crippen molar-refractivity contribution in [2.45, 2.75) is 23.8 Å². The molecule has 1 saturated heterocycles. The number of benzene rings is 2. The zero-order chi connectivity index (χ0) is 26.7. The topological polar surface area (TPSA) is 123 Å². The zero-order valence-corrected chi connectivity index (χ0v) is 21.5. The fraction of sp³-hybridized carbons (Fsp3) is 0.185. The van der Waals surface area contributed by atoms with Crippen molar-refractivity contribution in [2.75, 3.05) is 13.6 Å². The highest BCUT2D eigenvalue weighted by atomic mass is 32.2. The molecule has 0 spiro atoms. The summed E-state index contributed by atoms with van der Waals surface area (Å²) in [6.45, 7) is 2.36. The SMILES string of the molecule is Cc1ccc(S(=O)(=O)n2cc(-c3ncn(-c4cccc(C5(O)CCN(C)C5=O)c4)n3)c3cccnc32)cc1. The van der Waals surface area contributed by atoms with Gasteiger partial charge in [0.1, 0.15) is 6.33 Å². The monoisotopic (exact) mass is 528 g/mol. The van der Waals surface area contributed by atoms with Crippen molar-refractivity contribution in [3.8, 4) is 17.1 Å². The number of carbonyl (C=O) groups excluding carboxylic acids is 1. The lowest BCUT2D eigenvalue weighted by atomic mass is 9.92. The molecule has 3 aromatic heterocycles. The Bertz CT molecular complexity index is 1810. The van der Waals surface area contributed by atoms with Crippen LogP contribution in [0.15, 0.2) is 84.3 Å². The molecule has 1 amide bonds. The van der Waals surface area contributed by atoms with E-state index in [-0.39, 0.29) is 16.4 Å². The molecule has 38 heavy (non-hydrogen) atoms. The van der Waals surface area contributed by atoms with Crippen molar-refractivity contribution in [2.24, 2.45) is 0 Å². The van der Waals surface area contributed by atoms with E-state index in [0.717, 1.165) is 9.54 Å². The number of carbonyl (C=O) groups is 1. The van der Waals surface area contributed by atoms with Crippen LogP contribution in [0.4, 0.5) is 0 Å². The molecule has 6 rings (SSSR count). The Labute approximate surface area is 218 Å². The van der Waals surface area contributed by atoms with Gasteiger partial charge in [0, 0.05) is 43.4 Å². The molecule has 0 bridgehead atoms. The van der Waals surface area contributed by atoms with Gasteiger partial charge in [0.15, 0.2) is 17.1 Å². The number of pyridine rings is 1. The van der Waals surface area contributed by atoms with Crippen molar-refractivity contribution in [3.05, 3.63) is 90.5 Å². The van der Waals surface area contributed by atoms with Crippen LogP contribution < -0.4 is 0 Å². The summed E-state index contributed by atoms with van der Waals surface area (Å²) in [6.07, 6.45) is 4.83. The van der Waals surface area contributed by atoms with Crippen LogP contribution in [0.3, 0.4) is 0 Å². The number of hydrogen-bond donors (Lipinski definition) is 1. The minimum absolute atomic E-state index is 0.151. The summed E-state index contributed by atoms with van der Waals surface area (Å²) in [5.41, 5.74) is 1.22. The van der Waals surface area contributed by atoms with Crippen molar-refractivity contribution in [1.29, 1.82) is 0 Å². The lowest BCUT2D eigenvalue weighted by Gasteiger charge is -2.21. The van der Waals surface area contributed by atoms with Crippen LogP contribution in [0.2, 0.25) is 0 Å². The molecule has 1 N–H and O–H groups in total. The molecule has 2 aromatic carbocycles. The van der Waals surface area contributed by atoms with E-state index in [9.17, 15) is 18.3 Å². The predicted molar refractivity (Wildman–Crippen MR) is 140 cm³/mol. The lowest BCUT2D eigenvalue weighted by Crippen LogP contribution is -2.36. The van der Waals surface area contributed by atoms with Gasteiger partial charge in [-0.3, -0.25) is 4.79 Å². The van der Waals surface area contributed by atoms with E-state index in [1.807, 2.05) is 6.92 Å². The molecular formula is C27H24N6O4S. The number of amides is 1. The highest BCUT2D eigenvalue weighted by Crippen LogP contribution is 2.34. The molecule has 11 heteroatoms. The van der Waals surface area contributed by atoms with E-state index < -0.39 is 15.6 Å². The Hall–Kier alpha value is -4.35. The van der Waals surface area contributed by atoms with Crippen molar-refractivity contribution >= 4 is 27.0 Å². The van der Waals surface area contributed by atoms with Gasteiger partial charge in [0.2, 0.25) is 0 Å². The van der Waals surface area contributed by atoms with Gasteiger partial charge in [-0.25, -0.2) is 27.0 Å². The van der Waals surface area contributed by atoms with Gasteiger partial charge in [-0.1, -0.05) is 29.8 Å². The van der Waals surface area contributed by atoms with Gasteiger partial charge in [-0.2, -0.15) is 0 Å². The molecule has 5 aromatic rings. The van der Waals surface area contributed by atoms with E-state index in [0.29, 0.717) is 41.0 Å². The summed E-state index contributed by atoms with van der Waals surface area (Å²) in [6, 6.07) is 17.1.